The molecular weight excluding hydrogens is 624 g/mol. The summed E-state index contributed by atoms with van der Waals surface area (Å²) >= 11 is 55.1. The molecule has 0 fully saturated rings. The molecule has 0 spiro atoms. The van der Waals surface area contributed by atoms with Crippen molar-refractivity contribution in [3.63, 3.8) is 0 Å². The van der Waals surface area contributed by atoms with Crippen molar-refractivity contribution in [2.75, 3.05) is 0 Å². The highest BCUT2D eigenvalue weighted by molar-refractivity contribution is 7.47. The van der Waals surface area contributed by atoms with Crippen LogP contribution in [0.15, 0.2) is 24.3 Å². The first-order valence-corrected chi connectivity index (χ1v) is 28.6. The predicted molar refractivity (Wildman–Crippen MR) is 158 cm³/mol. The SMILES string of the molecule is CC(c1ccccc1C(C(C)[Si](C)(Cl)Cl)(C(C)[Si](C)(Cl)Cl)C(C)[Si](C)(Cl)Cl)[Si](C)(Cl)Cl. The van der Waals surface area contributed by atoms with Crippen LogP contribution >= 0.6 is 88.6 Å². The molecule has 12 heteroatoms. The topological polar surface area (TPSA) is 0 Å². The molecule has 180 valence electrons. The molecule has 0 aliphatic carbocycles. The second-order valence-electron chi connectivity index (χ2n) is 9.23. The van der Waals surface area contributed by atoms with E-state index in [4.69, 9.17) is 88.6 Å². The number of hydrogen-bond donors (Lipinski definition) is 0. The van der Waals surface area contributed by atoms with Gasteiger partial charge in [-0.05, 0) is 53.9 Å². The molecule has 0 radical (unpaired) electrons. The minimum Gasteiger partial charge on any atom is -0.146 e. The molecule has 1 aromatic carbocycles. The quantitative estimate of drug-likeness (QED) is 0.183. The molecular formula is C19H32Cl8Si4. The van der Waals surface area contributed by atoms with Crippen LogP contribution in [0, 0.1) is 0 Å². The lowest BCUT2D eigenvalue weighted by Crippen LogP contribution is -2.54. The lowest BCUT2D eigenvalue weighted by Gasteiger charge is -2.55. The molecule has 0 bridgehead atoms. The number of rotatable bonds is 9. The summed E-state index contributed by atoms with van der Waals surface area (Å²) in [6.07, 6.45) is 0. The van der Waals surface area contributed by atoms with Crippen LogP contribution in [-0.4, -0.2) is 26.8 Å². The van der Waals surface area contributed by atoms with Gasteiger partial charge in [-0.3, -0.25) is 0 Å². The monoisotopic (exact) mass is 652 g/mol. The summed E-state index contributed by atoms with van der Waals surface area (Å²) < 4.78 is 0. The van der Waals surface area contributed by atoms with Gasteiger partial charge in [0.05, 0.1) is 0 Å². The third kappa shape index (κ3) is 7.00. The molecule has 0 saturated heterocycles. The van der Waals surface area contributed by atoms with Gasteiger partial charge in [-0.2, -0.15) is 0 Å². The first-order chi connectivity index (χ1) is 13.6. The molecule has 1 aromatic rings. The molecule has 0 saturated carbocycles. The van der Waals surface area contributed by atoms with Crippen molar-refractivity contribution in [3.05, 3.63) is 35.4 Å². The summed E-state index contributed by atoms with van der Waals surface area (Å²) in [4.78, 5) is 0. The molecule has 31 heavy (non-hydrogen) atoms. The highest BCUT2D eigenvalue weighted by Crippen LogP contribution is 2.65. The maximum Gasteiger partial charge on any atom is 0.255 e. The number of hydrogen-bond acceptors (Lipinski definition) is 0. The van der Waals surface area contributed by atoms with Gasteiger partial charge < -0.3 is 0 Å². The van der Waals surface area contributed by atoms with Crippen molar-refractivity contribution in [3.8, 4) is 0 Å². The highest BCUT2D eigenvalue weighted by Gasteiger charge is 2.62. The van der Waals surface area contributed by atoms with Gasteiger partial charge in [0.15, 0.2) is 0 Å². The van der Waals surface area contributed by atoms with E-state index in [9.17, 15) is 0 Å². The summed E-state index contributed by atoms with van der Waals surface area (Å²) in [5, 5.41) is 0. The van der Waals surface area contributed by atoms with Crippen molar-refractivity contribution in [2.24, 2.45) is 0 Å². The summed E-state index contributed by atoms with van der Waals surface area (Å²) in [7, 11) is 0. The van der Waals surface area contributed by atoms with Crippen LogP contribution in [0.5, 0.6) is 0 Å². The van der Waals surface area contributed by atoms with Crippen LogP contribution in [0.2, 0.25) is 42.8 Å². The van der Waals surface area contributed by atoms with Gasteiger partial charge in [0.1, 0.15) is 0 Å². The second kappa shape index (κ2) is 10.8. The molecule has 4 unspecified atom stereocenters. The van der Waals surface area contributed by atoms with E-state index >= 15 is 0 Å². The summed E-state index contributed by atoms with van der Waals surface area (Å²) in [5.74, 6) is 0. The van der Waals surface area contributed by atoms with E-state index < -0.39 is 32.2 Å². The second-order valence-corrected chi connectivity index (χ2v) is 41.5. The fraction of sp³-hybridized carbons (Fsp3) is 0.684. The predicted octanol–water partition coefficient (Wildman–Crippen LogP) is 10.9. The van der Waals surface area contributed by atoms with Gasteiger partial charge in [-0.25, -0.2) is 0 Å². The largest absolute Gasteiger partial charge is 0.255 e. The van der Waals surface area contributed by atoms with Gasteiger partial charge in [0.2, 0.25) is 0 Å². The Kier molecular flexibility index (Phi) is 11.0. The van der Waals surface area contributed by atoms with E-state index in [2.05, 4.69) is 39.8 Å². The third-order valence-electron chi connectivity index (χ3n) is 7.08. The van der Waals surface area contributed by atoms with Gasteiger partial charge in [0.25, 0.3) is 26.8 Å². The Bertz CT molecular complexity index is 699. The fourth-order valence-electron chi connectivity index (χ4n) is 4.62. The van der Waals surface area contributed by atoms with Gasteiger partial charge in [0, 0.05) is 11.0 Å². The number of halogens is 8. The van der Waals surface area contributed by atoms with Gasteiger partial charge >= 0.3 is 0 Å². The number of benzene rings is 1. The van der Waals surface area contributed by atoms with E-state index in [1.807, 2.05) is 38.3 Å². The smallest absolute Gasteiger partial charge is 0.146 e. The first kappa shape index (κ1) is 31.4. The summed E-state index contributed by atoms with van der Waals surface area (Å²) in [6.45, 7) is 5.24. The Labute approximate surface area is 230 Å². The van der Waals surface area contributed by atoms with Crippen LogP contribution in [-0.2, 0) is 5.41 Å². The maximum atomic E-state index is 6.95. The Morgan fingerprint density at radius 3 is 1.19 bits per heavy atom. The zero-order valence-corrected chi connectivity index (χ0v) is 29.2. The molecule has 0 aromatic heterocycles. The van der Waals surface area contributed by atoms with Crippen molar-refractivity contribution in [2.45, 2.75) is 81.5 Å². The van der Waals surface area contributed by atoms with Crippen molar-refractivity contribution in [1.29, 1.82) is 0 Å². The average molecular weight is 656 g/mol. The standard InChI is InChI=1S/C19H32Cl8Si4/c1-13(28(5,20)21)17-11-9-10-12-18(17)19(14(2)29(6,22)23,15(3)30(7,24)25)16(4)31(8,26)27/h9-16H,1-8H3. The van der Waals surface area contributed by atoms with Crippen molar-refractivity contribution >= 4 is 115 Å². The molecule has 0 N–H and O–H groups in total. The van der Waals surface area contributed by atoms with E-state index in [1.165, 1.54) is 0 Å². The highest BCUT2D eigenvalue weighted by atomic mass is 35.7. The molecule has 0 aliphatic rings. The Morgan fingerprint density at radius 2 is 0.903 bits per heavy atom. The van der Waals surface area contributed by atoms with Crippen molar-refractivity contribution < 1.29 is 0 Å². The van der Waals surface area contributed by atoms with Gasteiger partial charge in [-0.1, -0.05) is 52.0 Å². The van der Waals surface area contributed by atoms with Gasteiger partial charge in [-0.15, -0.1) is 88.6 Å². The molecule has 0 amide bonds. The Morgan fingerprint density at radius 1 is 0.581 bits per heavy atom. The summed E-state index contributed by atoms with van der Waals surface area (Å²) in [5.41, 5.74) is 1.01. The third-order valence-corrected chi connectivity index (χ3v) is 22.8. The molecule has 0 nitrogen and oxygen atoms in total. The average Bonchev–Trinajstić information content (AvgIpc) is 2.58. The molecule has 4 atom stereocenters. The molecule has 0 aliphatic heterocycles. The Balaban J connectivity index is 4.22. The minimum absolute atomic E-state index is 0.0475. The van der Waals surface area contributed by atoms with E-state index in [0.29, 0.717) is 0 Å². The van der Waals surface area contributed by atoms with E-state index in [-0.39, 0.29) is 22.2 Å². The zero-order valence-electron chi connectivity index (χ0n) is 19.1. The van der Waals surface area contributed by atoms with Crippen molar-refractivity contribution in [1.82, 2.24) is 0 Å². The summed E-state index contributed by atoms with van der Waals surface area (Å²) in [6, 6.07) is 8.21. The zero-order chi connectivity index (χ0) is 24.8. The van der Waals surface area contributed by atoms with Crippen LogP contribution in [0.1, 0.15) is 44.4 Å². The first-order valence-electron chi connectivity index (χ1n) is 10.2. The Hall–Kier alpha value is 2.41. The molecule has 1 rings (SSSR count). The molecule has 0 heterocycles. The van der Waals surface area contributed by atoms with Crippen LogP contribution in [0.3, 0.4) is 0 Å². The normalized spacial score (nSPS) is 20.0. The van der Waals surface area contributed by atoms with Crippen LogP contribution in [0.4, 0.5) is 0 Å². The van der Waals surface area contributed by atoms with Crippen LogP contribution < -0.4 is 0 Å². The van der Waals surface area contributed by atoms with Crippen LogP contribution in [0.25, 0.3) is 0 Å². The van der Waals surface area contributed by atoms with E-state index in [0.717, 1.165) is 11.1 Å². The fourth-order valence-corrected chi connectivity index (χ4v) is 14.4. The lowest BCUT2D eigenvalue weighted by atomic mass is 9.70. The lowest BCUT2D eigenvalue weighted by molar-refractivity contribution is 0.366. The van der Waals surface area contributed by atoms with E-state index in [1.54, 1.807) is 0 Å². The minimum atomic E-state index is -2.77. The maximum absolute atomic E-state index is 6.95.